The van der Waals surface area contributed by atoms with Crippen LogP contribution in [0.15, 0.2) is 24.3 Å². The molecule has 0 fully saturated rings. The highest BCUT2D eigenvalue weighted by atomic mass is 16.5. The smallest absolute Gasteiger partial charge is 0.155 e. The van der Waals surface area contributed by atoms with Gasteiger partial charge in [-0.05, 0) is 24.6 Å². The highest BCUT2D eigenvalue weighted by Gasteiger charge is 2.23. The monoisotopic (exact) mass is 205 g/mol. The predicted octanol–water partition coefficient (Wildman–Crippen LogP) is 2.17. The Hall–Kier alpha value is -1.53. The molecule has 0 spiro atoms. The molecule has 0 heterocycles. The maximum Gasteiger partial charge on any atom is 0.155 e. The lowest BCUT2D eigenvalue weighted by atomic mass is 9.98. The molecular weight excluding hydrogens is 190 g/mol. The predicted molar refractivity (Wildman–Crippen MR) is 57.7 cm³/mol. The van der Waals surface area contributed by atoms with Crippen LogP contribution in [0.1, 0.15) is 12.5 Å². The average Bonchev–Trinajstić information content (AvgIpc) is 2.30. The zero-order valence-corrected chi connectivity index (χ0v) is 9.28. The summed E-state index contributed by atoms with van der Waals surface area (Å²) in [7, 11) is 3.18. The van der Waals surface area contributed by atoms with Crippen molar-refractivity contribution in [2.75, 3.05) is 14.2 Å². The second-order valence-corrected chi connectivity index (χ2v) is 3.57. The van der Waals surface area contributed by atoms with E-state index in [2.05, 4.69) is 6.07 Å². The second-order valence-electron chi connectivity index (χ2n) is 3.57. The highest BCUT2D eigenvalue weighted by molar-refractivity contribution is 5.29. The first kappa shape index (κ1) is 11.5. The van der Waals surface area contributed by atoms with Crippen molar-refractivity contribution < 1.29 is 9.47 Å². The number of nitrogens with zero attached hydrogens (tertiary/aromatic N) is 1. The SMILES string of the molecule is COc1ccc(CC(C)(C#N)OC)cc1. The molecular formula is C12H15NO2. The molecule has 0 aromatic heterocycles. The van der Waals surface area contributed by atoms with Crippen molar-refractivity contribution in [2.24, 2.45) is 0 Å². The normalized spacial score (nSPS) is 14.0. The van der Waals surface area contributed by atoms with E-state index in [1.807, 2.05) is 24.3 Å². The van der Waals surface area contributed by atoms with Crippen molar-refractivity contribution in [2.45, 2.75) is 18.9 Å². The molecule has 0 N–H and O–H groups in total. The number of nitriles is 1. The van der Waals surface area contributed by atoms with Gasteiger partial charge in [-0.15, -0.1) is 0 Å². The van der Waals surface area contributed by atoms with E-state index in [1.165, 1.54) is 0 Å². The van der Waals surface area contributed by atoms with Crippen LogP contribution in [0.25, 0.3) is 0 Å². The largest absolute Gasteiger partial charge is 0.497 e. The average molecular weight is 205 g/mol. The van der Waals surface area contributed by atoms with Gasteiger partial charge in [0, 0.05) is 13.5 Å². The van der Waals surface area contributed by atoms with E-state index >= 15 is 0 Å². The van der Waals surface area contributed by atoms with E-state index in [0.717, 1.165) is 11.3 Å². The van der Waals surface area contributed by atoms with Crippen molar-refractivity contribution >= 4 is 0 Å². The lowest BCUT2D eigenvalue weighted by Gasteiger charge is -2.19. The minimum Gasteiger partial charge on any atom is -0.497 e. The fourth-order valence-corrected chi connectivity index (χ4v) is 1.29. The van der Waals surface area contributed by atoms with Crippen LogP contribution in [-0.2, 0) is 11.2 Å². The van der Waals surface area contributed by atoms with E-state index in [-0.39, 0.29) is 0 Å². The number of hydrogen-bond donors (Lipinski definition) is 0. The van der Waals surface area contributed by atoms with Gasteiger partial charge in [-0.25, -0.2) is 0 Å². The third kappa shape index (κ3) is 2.97. The Balaban J connectivity index is 2.77. The van der Waals surface area contributed by atoms with E-state index in [0.29, 0.717) is 6.42 Å². The van der Waals surface area contributed by atoms with Crippen LogP contribution >= 0.6 is 0 Å². The molecule has 80 valence electrons. The summed E-state index contributed by atoms with van der Waals surface area (Å²) in [6.45, 7) is 1.78. The van der Waals surface area contributed by atoms with E-state index in [4.69, 9.17) is 14.7 Å². The second kappa shape index (κ2) is 4.81. The van der Waals surface area contributed by atoms with Crippen LogP contribution in [0.3, 0.4) is 0 Å². The Bertz CT molecular complexity index is 353. The molecule has 0 saturated carbocycles. The molecule has 0 saturated heterocycles. The fraction of sp³-hybridized carbons (Fsp3) is 0.417. The highest BCUT2D eigenvalue weighted by Crippen LogP contribution is 2.18. The summed E-state index contributed by atoms with van der Waals surface area (Å²) in [5.41, 5.74) is 0.302. The third-order valence-corrected chi connectivity index (χ3v) is 2.39. The molecule has 0 aliphatic heterocycles. The molecule has 0 bridgehead atoms. The summed E-state index contributed by atoms with van der Waals surface area (Å²) in [6.07, 6.45) is 0.573. The van der Waals surface area contributed by atoms with E-state index in [9.17, 15) is 0 Å². The Kier molecular flexibility index (Phi) is 3.70. The van der Waals surface area contributed by atoms with Crippen LogP contribution < -0.4 is 4.74 Å². The van der Waals surface area contributed by atoms with Crippen LogP contribution in [0.5, 0.6) is 5.75 Å². The molecule has 0 radical (unpaired) electrons. The van der Waals surface area contributed by atoms with Gasteiger partial charge in [0.25, 0.3) is 0 Å². The molecule has 1 aromatic rings. The van der Waals surface area contributed by atoms with Crippen LogP contribution in [-0.4, -0.2) is 19.8 Å². The van der Waals surface area contributed by atoms with E-state index < -0.39 is 5.60 Å². The van der Waals surface area contributed by atoms with Crippen molar-refractivity contribution in [1.29, 1.82) is 5.26 Å². The van der Waals surface area contributed by atoms with Gasteiger partial charge in [-0.3, -0.25) is 0 Å². The molecule has 0 aliphatic rings. The molecule has 1 aromatic carbocycles. The molecule has 1 atom stereocenters. The molecule has 3 heteroatoms. The maximum atomic E-state index is 8.95. The minimum atomic E-state index is -0.755. The quantitative estimate of drug-likeness (QED) is 0.756. The van der Waals surface area contributed by atoms with Crippen molar-refractivity contribution in [3.8, 4) is 11.8 Å². The maximum absolute atomic E-state index is 8.95. The Labute approximate surface area is 90.2 Å². The van der Waals surface area contributed by atoms with Crippen LogP contribution in [0, 0.1) is 11.3 Å². The van der Waals surface area contributed by atoms with Gasteiger partial charge in [0.1, 0.15) is 5.75 Å². The molecule has 1 rings (SSSR count). The Morgan fingerprint density at radius 2 is 1.87 bits per heavy atom. The third-order valence-electron chi connectivity index (χ3n) is 2.39. The van der Waals surface area contributed by atoms with Gasteiger partial charge in [0.2, 0.25) is 0 Å². The summed E-state index contributed by atoms with van der Waals surface area (Å²) in [6, 6.07) is 9.78. The first-order chi connectivity index (χ1) is 7.13. The van der Waals surface area contributed by atoms with Gasteiger partial charge in [-0.1, -0.05) is 12.1 Å². The van der Waals surface area contributed by atoms with Crippen molar-refractivity contribution in [1.82, 2.24) is 0 Å². The zero-order chi connectivity index (χ0) is 11.3. The number of benzene rings is 1. The summed E-state index contributed by atoms with van der Waals surface area (Å²) < 4.78 is 10.2. The fourth-order valence-electron chi connectivity index (χ4n) is 1.29. The standard InChI is InChI=1S/C12H15NO2/c1-12(9-13,15-3)8-10-4-6-11(14-2)7-5-10/h4-7H,8H2,1-3H3. The van der Waals surface area contributed by atoms with Gasteiger partial charge in [0.05, 0.1) is 13.2 Å². The molecule has 1 unspecified atom stereocenters. The summed E-state index contributed by atoms with van der Waals surface area (Å²) in [4.78, 5) is 0. The Morgan fingerprint density at radius 3 is 2.27 bits per heavy atom. The number of methoxy groups -OCH3 is 2. The number of hydrogen-bond acceptors (Lipinski definition) is 3. The zero-order valence-electron chi connectivity index (χ0n) is 9.28. The lowest BCUT2D eigenvalue weighted by Crippen LogP contribution is -2.27. The molecule has 15 heavy (non-hydrogen) atoms. The first-order valence-electron chi connectivity index (χ1n) is 4.73. The van der Waals surface area contributed by atoms with Gasteiger partial charge >= 0.3 is 0 Å². The van der Waals surface area contributed by atoms with Crippen LogP contribution in [0.2, 0.25) is 0 Å². The number of rotatable bonds is 4. The van der Waals surface area contributed by atoms with Gasteiger partial charge in [-0.2, -0.15) is 5.26 Å². The summed E-state index contributed by atoms with van der Waals surface area (Å²) in [5.74, 6) is 0.815. The Morgan fingerprint density at radius 1 is 1.27 bits per heavy atom. The summed E-state index contributed by atoms with van der Waals surface area (Å²) in [5, 5.41) is 8.95. The van der Waals surface area contributed by atoms with Crippen LogP contribution in [0.4, 0.5) is 0 Å². The van der Waals surface area contributed by atoms with E-state index in [1.54, 1.807) is 21.1 Å². The minimum absolute atomic E-state index is 0.573. The van der Waals surface area contributed by atoms with Gasteiger partial charge < -0.3 is 9.47 Å². The topological polar surface area (TPSA) is 42.2 Å². The number of ether oxygens (including phenoxy) is 2. The lowest BCUT2D eigenvalue weighted by molar-refractivity contribution is 0.0559. The molecule has 0 aliphatic carbocycles. The summed E-state index contributed by atoms with van der Waals surface area (Å²) >= 11 is 0. The first-order valence-corrected chi connectivity index (χ1v) is 4.73. The molecule has 0 amide bonds. The van der Waals surface area contributed by atoms with Gasteiger partial charge in [0.15, 0.2) is 5.60 Å². The van der Waals surface area contributed by atoms with Crippen molar-refractivity contribution in [3.05, 3.63) is 29.8 Å². The van der Waals surface area contributed by atoms with Crippen molar-refractivity contribution in [3.63, 3.8) is 0 Å². The molecule has 3 nitrogen and oxygen atoms in total.